The zero-order valence-electron chi connectivity index (χ0n) is 11.2. The first kappa shape index (κ1) is 14.8. The molecule has 1 aliphatic rings. The van der Waals surface area contributed by atoms with Gasteiger partial charge in [0.1, 0.15) is 0 Å². The summed E-state index contributed by atoms with van der Waals surface area (Å²) in [6.07, 6.45) is 0. The van der Waals surface area contributed by atoms with Crippen molar-refractivity contribution in [1.29, 1.82) is 0 Å². The first-order valence-corrected chi connectivity index (χ1v) is 7.65. The summed E-state index contributed by atoms with van der Waals surface area (Å²) in [5.74, 6) is 0.137. The average Bonchev–Trinajstić information content (AvgIpc) is 2.85. The number of amides is 1. The van der Waals surface area contributed by atoms with Crippen LogP contribution in [0.2, 0.25) is 4.34 Å². The highest BCUT2D eigenvalue weighted by molar-refractivity contribution is 7.16. The molecule has 1 N–H and O–H groups in total. The number of nitrogens with zero attached hydrogens (tertiary/aromatic N) is 1. The van der Waals surface area contributed by atoms with Crippen molar-refractivity contribution in [3.05, 3.63) is 21.3 Å². The molecule has 0 saturated carbocycles. The summed E-state index contributed by atoms with van der Waals surface area (Å²) in [4.78, 5) is 15.3. The van der Waals surface area contributed by atoms with E-state index in [0.29, 0.717) is 26.3 Å². The lowest BCUT2D eigenvalue weighted by Crippen LogP contribution is -2.49. The minimum atomic E-state index is -0.200. The van der Waals surface area contributed by atoms with Crippen molar-refractivity contribution in [2.45, 2.75) is 25.9 Å². The van der Waals surface area contributed by atoms with Gasteiger partial charge in [0, 0.05) is 24.0 Å². The molecule has 0 bridgehead atoms. The molecule has 0 radical (unpaired) electrons. The molecule has 1 amide bonds. The molecule has 0 aliphatic carbocycles. The molecule has 0 spiro atoms. The summed E-state index contributed by atoms with van der Waals surface area (Å²) >= 11 is 7.47. The third-order valence-electron chi connectivity index (χ3n) is 3.21. The Labute approximate surface area is 122 Å². The quantitative estimate of drug-likeness (QED) is 0.928. The number of morpholine rings is 1. The molecule has 1 saturated heterocycles. The number of hydrogen-bond donors (Lipinski definition) is 1. The molecular weight excluding hydrogens is 284 g/mol. The van der Waals surface area contributed by atoms with Crippen molar-refractivity contribution in [3.63, 3.8) is 0 Å². The topological polar surface area (TPSA) is 41.6 Å². The van der Waals surface area contributed by atoms with E-state index in [1.165, 1.54) is 0 Å². The fourth-order valence-corrected chi connectivity index (χ4v) is 3.22. The smallest absolute Gasteiger partial charge is 0.239 e. The van der Waals surface area contributed by atoms with Crippen LogP contribution >= 0.6 is 22.9 Å². The van der Waals surface area contributed by atoms with Crippen LogP contribution in [0.1, 0.15) is 24.8 Å². The zero-order chi connectivity index (χ0) is 13.8. The minimum Gasteiger partial charge on any atom is -0.378 e. The highest BCUT2D eigenvalue weighted by Crippen LogP contribution is 2.26. The van der Waals surface area contributed by atoms with Crippen molar-refractivity contribution in [3.8, 4) is 0 Å². The van der Waals surface area contributed by atoms with Gasteiger partial charge < -0.3 is 9.64 Å². The summed E-state index contributed by atoms with van der Waals surface area (Å²) in [5.41, 5.74) is 0. The Bertz CT molecular complexity index is 432. The lowest BCUT2D eigenvalue weighted by molar-refractivity contribution is -0.137. The van der Waals surface area contributed by atoms with Crippen LogP contribution < -0.4 is 5.32 Å². The van der Waals surface area contributed by atoms with Crippen LogP contribution in [0.15, 0.2) is 12.1 Å². The van der Waals surface area contributed by atoms with E-state index >= 15 is 0 Å². The molecule has 2 heterocycles. The van der Waals surface area contributed by atoms with Gasteiger partial charge in [-0.2, -0.15) is 0 Å². The maximum Gasteiger partial charge on any atom is 0.239 e. The maximum atomic E-state index is 12.3. The summed E-state index contributed by atoms with van der Waals surface area (Å²) in [7, 11) is 0. The number of hydrogen-bond acceptors (Lipinski definition) is 4. The van der Waals surface area contributed by atoms with Crippen molar-refractivity contribution >= 4 is 28.8 Å². The Morgan fingerprint density at radius 2 is 2.11 bits per heavy atom. The fraction of sp³-hybridized carbons (Fsp3) is 0.615. The van der Waals surface area contributed by atoms with Crippen LogP contribution in [0, 0.1) is 0 Å². The van der Waals surface area contributed by atoms with Crippen LogP contribution in [0.5, 0.6) is 0 Å². The van der Waals surface area contributed by atoms with Crippen molar-refractivity contribution in [2.75, 3.05) is 26.3 Å². The number of thiophene rings is 1. The second-order valence-electron chi connectivity index (χ2n) is 4.69. The normalized spacial score (nSPS) is 19.2. The predicted molar refractivity (Wildman–Crippen MR) is 77.7 cm³/mol. The monoisotopic (exact) mass is 302 g/mol. The SMILES string of the molecule is CC(NC(C)c1ccc(Cl)s1)C(=O)N1CCOCC1. The first-order chi connectivity index (χ1) is 9.08. The Morgan fingerprint density at radius 1 is 1.42 bits per heavy atom. The maximum absolute atomic E-state index is 12.3. The van der Waals surface area contributed by atoms with Crippen LogP contribution in [0.25, 0.3) is 0 Å². The van der Waals surface area contributed by atoms with Crippen molar-refractivity contribution in [1.82, 2.24) is 10.2 Å². The van der Waals surface area contributed by atoms with Crippen LogP contribution in [-0.4, -0.2) is 43.2 Å². The molecular formula is C13H19ClN2O2S. The lowest BCUT2D eigenvalue weighted by atomic mass is 10.2. The largest absolute Gasteiger partial charge is 0.378 e. The molecule has 0 aromatic carbocycles. The highest BCUT2D eigenvalue weighted by Gasteiger charge is 2.23. The van der Waals surface area contributed by atoms with Gasteiger partial charge in [-0.05, 0) is 26.0 Å². The minimum absolute atomic E-state index is 0.123. The van der Waals surface area contributed by atoms with Crippen LogP contribution in [-0.2, 0) is 9.53 Å². The number of carbonyl (C=O) groups is 1. The molecule has 1 aromatic heterocycles. The Balaban J connectivity index is 1.89. The first-order valence-electron chi connectivity index (χ1n) is 6.45. The molecule has 1 aromatic rings. The molecule has 2 rings (SSSR count). The van der Waals surface area contributed by atoms with Gasteiger partial charge in [-0.25, -0.2) is 0 Å². The molecule has 1 fully saturated rings. The van der Waals surface area contributed by atoms with Crippen molar-refractivity contribution in [2.24, 2.45) is 0 Å². The predicted octanol–water partition coefficient (Wildman–Crippen LogP) is 2.30. The molecule has 1 aliphatic heterocycles. The van der Waals surface area contributed by atoms with Gasteiger partial charge in [0.25, 0.3) is 0 Å². The van der Waals surface area contributed by atoms with Crippen LogP contribution in [0.4, 0.5) is 0 Å². The number of ether oxygens (including phenoxy) is 1. The van der Waals surface area contributed by atoms with Crippen LogP contribution in [0.3, 0.4) is 0 Å². The van der Waals surface area contributed by atoms with E-state index in [0.717, 1.165) is 9.21 Å². The third-order valence-corrected chi connectivity index (χ3v) is 4.63. The Kier molecular flexibility index (Phi) is 5.21. The Hall–Kier alpha value is -0.620. The van der Waals surface area contributed by atoms with E-state index in [9.17, 15) is 4.79 Å². The van der Waals surface area contributed by atoms with E-state index in [4.69, 9.17) is 16.3 Å². The second kappa shape index (κ2) is 6.70. The highest BCUT2D eigenvalue weighted by atomic mass is 35.5. The fourth-order valence-electron chi connectivity index (χ4n) is 2.15. The molecule has 19 heavy (non-hydrogen) atoms. The lowest BCUT2D eigenvalue weighted by Gasteiger charge is -2.30. The van der Waals surface area contributed by atoms with Gasteiger partial charge in [0.15, 0.2) is 0 Å². The van der Waals surface area contributed by atoms with E-state index < -0.39 is 0 Å². The second-order valence-corrected chi connectivity index (χ2v) is 6.44. The third kappa shape index (κ3) is 3.92. The summed E-state index contributed by atoms with van der Waals surface area (Å²) in [5, 5.41) is 3.33. The van der Waals surface area contributed by atoms with Gasteiger partial charge >= 0.3 is 0 Å². The molecule has 4 nitrogen and oxygen atoms in total. The molecule has 2 atom stereocenters. The van der Waals surface area contributed by atoms with Crippen molar-refractivity contribution < 1.29 is 9.53 Å². The van der Waals surface area contributed by atoms with E-state index in [1.54, 1.807) is 11.3 Å². The number of rotatable bonds is 4. The Morgan fingerprint density at radius 3 is 2.68 bits per heavy atom. The molecule has 106 valence electrons. The average molecular weight is 303 g/mol. The van der Waals surface area contributed by atoms with E-state index in [-0.39, 0.29) is 18.0 Å². The standard InChI is InChI=1S/C13H19ClN2O2S/c1-9(11-3-4-12(14)19-11)15-10(2)13(17)16-5-7-18-8-6-16/h3-4,9-10,15H,5-8H2,1-2H3. The number of halogens is 1. The van der Waals surface area contributed by atoms with Gasteiger partial charge in [-0.15, -0.1) is 11.3 Å². The summed E-state index contributed by atoms with van der Waals surface area (Å²) < 4.78 is 6.03. The van der Waals surface area contributed by atoms with E-state index in [2.05, 4.69) is 5.32 Å². The zero-order valence-corrected chi connectivity index (χ0v) is 12.8. The number of nitrogens with one attached hydrogen (secondary N) is 1. The van der Waals surface area contributed by atoms with Gasteiger partial charge in [0.2, 0.25) is 5.91 Å². The summed E-state index contributed by atoms with van der Waals surface area (Å²) in [6.45, 7) is 6.59. The van der Waals surface area contributed by atoms with Gasteiger partial charge in [-0.1, -0.05) is 11.6 Å². The summed E-state index contributed by atoms with van der Waals surface area (Å²) in [6, 6.07) is 3.80. The number of carbonyl (C=O) groups excluding carboxylic acids is 1. The molecule has 2 unspecified atom stereocenters. The van der Waals surface area contributed by atoms with E-state index in [1.807, 2.05) is 30.9 Å². The van der Waals surface area contributed by atoms with Gasteiger partial charge in [-0.3, -0.25) is 10.1 Å². The van der Waals surface area contributed by atoms with Gasteiger partial charge in [0.05, 0.1) is 23.6 Å². The molecule has 6 heteroatoms.